The Bertz CT molecular complexity index is 164. The monoisotopic (exact) mass is 167 g/mol. The Kier molecular flexibility index (Phi) is 2.16. The van der Waals surface area contributed by atoms with E-state index in [1.807, 2.05) is 0 Å². The highest BCUT2D eigenvalue weighted by molar-refractivity contribution is 4.97. The van der Waals surface area contributed by atoms with Crippen LogP contribution in [-0.4, -0.2) is 6.54 Å². The highest BCUT2D eigenvalue weighted by Gasteiger charge is 2.47. The molecule has 2 rings (SSSR count). The minimum Gasteiger partial charge on any atom is -0.330 e. The molecule has 0 radical (unpaired) electrons. The van der Waals surface area contributed by atoms with E-state index in [9.17, 15) is 0 Å². The lowest BCUT2D eigenvalue weighted by Gasteiger charge is -2.33. The van der Waals surface area contributed by atoms with E-state index >= 15 is 0 Å². The second-order valence-corrected chi connectivity index (χ2v) is 5.05. The van der Waals surface area contributed by atoms with Crippen molar-refractivity contribution in [3.63, 3.8) is 0 Å². The van der Waals surface area contributed by atoms with E-state index in [1.54, 1.807) is 0 Å². The average Bonchev–Trinajstić information content (AvgIpc) is 2.60. The van der Waals surface area contributed by atoms with Crippen molar-refractivity contribution in [3.8, 4) is 0 Å². The van der Waals surface area contributed by atoms with Crippen LogP contribution in [0.1, 0.15) is 33.1 Å². The largest absolute Gasteiger partial charge is 0.330 e. The van der Waals surface area contributed by atoms with E-state index < -0.39 is 0 Å². The van der Waals surface area contributed by atoms with Crippen molar-refractivity contribution >= 4 is 0 Å². The fourth-order valence-electron chi connectivity index (χ4n) is 3.84. The summed E-state index contributed by atoms with van der Waals surface area (Å²) < 4.78 is 0. The third-order valence-electron chi connectivity index (χ3n) is 4.20. The van der Waals surface area contributed by atoms with Crippen LogP contribution in [0.25, 0.3) is 0 Å². The highest BCUT2D eigenvalue weighted by atomic mass is 14.6. The summed E-state index contributed by atoms with van der Waals surface area (Å²) in [6.07, 6.45) is 4.45. The first-order chi connectivity index (χ1) is 5.74. The van der Waals surface area contributed by atoms with Gasteiger partial charge in [-0.3, -0.25) is 0 Å². The maximum atomic E-state index is 5.85. The van der Waals surface area contributed by atoms with Crippen LogP contribution >= 0.6 is 0 Å². The summed E-state index contributed by atoms with van der Waals surface area (Å²) in [5, 5.41) is 0. The van der Waals surface area contributed by atoms with Crippen molar-refractivity contribution in [2.24, 2.45) is 35.3 Å². The molecule has 0 aromatic rings. The molecule has 2 N–H and O–H groups in total. The minimum absolute atomic E-state index is 0.855. The Morgan fingerprint density at radius 2 is 1.92 bits per heavy atom. The van der Waals surface area contributed by atoms with Gasteiger partial charge in [0.15, 0.2) is 0 Å². The van der Waals surface area contributed by atoms with Gasteiger partial charge in [0, 0.05) is 0 Å². The molecule has 12 heavy (non-hydrogen) atoms. The summed E-state index contributed by atoms with van der Waals surface area (Å²) in [5.74, 6) is 4.70. The molecule has 2 bridgehead atoms. The number of fused-ring (bicyclic) bond motifs is 2. The molecule has 70 valence electrons. The van der Waals surface area contributed by atoms with E-state index in [2.05, 4.69) is 13.8 Å². The van der Waals surface area contributed by atoms with Gasteiger partial charge < -0.3 is 5.73 Å². The van der Waals surface area contributed by atoms with Crippen molar-refractivity contribution in [2.75, 3.05) is 6.54 Å². The molecule has 1 heteroatoms. The summed E-state index contributed by atoms with van der Waals surface area (Å²) in [6, 6.07) is 0. The van der Waals surface area contributed by atoms with Crippen LogP contribution in [0.4, 0.5) is 0 Å². The standard InChI is InChI=1S/C11H21N/c1-7(2)11-9-4-3-8(5-9)10(11)6-12/h7-11H,3-6,12H2,1-2H3/t8-,9+,10?,11-/m0/s1. The molecular weight excluding hydrogens is 146 g/mol. The van der Waals surface area contributed by atoms with E-state index in [0.29, 0.717) is 0 Å². The van der Waals surface area contributed by atoms with Crippen LogP contribution in [0.15, 0.2) is 0 Å². The van der Waals surface area contributed by atoms with Crippen LogP contribution < -0.4 is 5.73 Å². The van der Waals surface area contributed by atoms with Gasteiger partial charge >= 0.3 is 0 Å². The predicted octanol–water partition coefficient (Wildman–Crippen LogP) is 2.26. The lowest BCUT2D eigenvalue weighted by atomic mass is 9.73. The van der Waals surface area contributed by atoms with E-state index in [1.165, 1.54) is 19.3 Å². The summed E-state index contributed by atoms with van der Waals surface area (Å²) in [4.78, 5) is 0. The number of hydrogen-bond donors (Lipinski definition) is 1. The molecule has 4 atom stereocenters. The summed E-state index contributed by atoms with van der Waals surface area (Å²) in [7, 11) is 0. The fraction of sp³-hybridized carbons (Fsp3) is 1.00. The third kappa shape index (κ3) is 1.10. The summed E-state index contributed by atoms with van der Waals surface area (Å²) in [6.45, 7) is 5.67. The van der Waals surface area contributed by atoms with Crippen LogP contribution in [0.3, 0.4) is 0 Å². The maximum absolute atomic E-state index is 5.85. The zero-order chi connectivity index (χ0) is 8.72. The minimum atomic E-state index is 0.855. The number of nitrogens with two attached hydrogens (primary N) is 1. The molecule has 0 aromatic carbocycles. The molecule has 0 amide bonds. The lowest BCUT2D eigenvalue weighted by molar-refractivity contribution is 0.172. The molecule has 0 aromatic heterocycles. The molecule has 0 saturated heterocycles. The van der Waals surface area contributed by atoms with Gasteiger partial charge in [-0.05, 0) is 55.4 Å². The molecule has 0 aliphatic heterocycles. The first-order valence-electron chi connectivity index (χ1n) is 5.44. The van der Waals surface area contributed by atoms with Crippen LogP contribution in [-0.2, 0) is 0 Å². The Hall–Kier alpha value is -0.0400. The normalized spacial score (nSPS) is 46.0. The molecule has 1 unspecified atom stereocenters. The fourth-order valence-corrected chi connectivity index (χ4v) is 3.84. The van der Waals surface area contributed by atoms with Gasteiger partial charge in [0.2, 0.25) is 0 Å². The SMILES string of the molecule is CC(C)[C@@H]1C(CN)[C@H]2CC[C@@H]1C2. The summed E-state index contributed by atoms with van der Waals surface area (Å²) in [5.41, 5.74) is 5.85. The van der Waals surface area contributed by atoms with E-state index in [4.69, 9.17) is 5.73 Å². The van der Waals surface area contributed by atoms with Crippen LogP contribution in [0.2, 0.25) is 0 Å². The van der Waals surface area contributed by atoms with E-state index in [0.717, 1.165) is 36.1 Å². The van der Waals surface area contributed by atoms with Gasteiger partial charge in [-0.15, -0.1) is 0 Å². The van der Waals surface area contributed by atoms with Gasteiger partial charge in [-0.1, -0.05) is 13.8 Å². The Balaban J connectivity index is 2.11. The van der Waals surface area contributed by atoms with Crippen molar-refractivity contribution in [2.45, 2.75) is 33.1 Å². The van der Waals surface area contributed by atoms with Crippen molar-refractivity contribution in [3.05, 3.63) is 0 Å². The van der Waals surface area contributed by atoms with Gasteiger partial charge in [0.25, 0.3) is 0 Å². The summed E-state index contributed by atoms with van der Waals surface area (Å²) >= 11 is 0. The van der Waals surface area contributed by atoms with Gasteiger partial charge in [0.1, 0.15) is 0 Å². The zero-order valence-corrected chi connectivity index (χ0v) is 8.29. The lowest BCUT2D eigenvalue weighted by Crippen LogP contribution is -2.32. The number of rotatable bonds is 2. The molecule has 2 saturated carbocycles. The molecule has 2 aliphatic rings. The van der Waals surface area contributed by atoms with Gasteiger partial charge in [0.05, 0.1) is 0 Å². The van der Waals surface area contributed by atoms with Crippen LogP contribution in [0.5, 0.6) is 0 Å². The Labute approximate surface area is 75.7 Å². The van der Waals surface area contributed by atoms with Crippen molar-refractivity contribution < 1.29 is 0 Å². The van der Waals surface area contributed by atoms with Gasteiger partial charge in [-0.25, -0.2) is 0 Å². The van der Waals surface area contributed by atoms with Crippen LogP contribution in [0, 0.1) is 29.6 Å². The maximum Gasteiger partial charge on any atom is -0.00434 e. The predicted molar refractivity (Wildman–Crippen MR) is 51.7 cm³/mol. The van der Waals surface area contributed by atoms with Crippen molar-refractivity contribution in [1.29, 1.82) is 0 Å². The molecule has 0 heterocycles. The second kappa shape index (κ2) is 3.02. The first kappa shape index (κ1) is 8.55. The molecule has 2 fully saturated rings. The molecule has 2 aliphatic carbocycles. The topological polar surface area (TPSA) is 26.0 Å². The smallest absolute Gasteiger partial charge is 0.00434 e. The highest BCUT2D eigenvalue weighted by Crippen LogP contribution is 2.54. The van der Waals surface area contributed by atoms with E-state index in [-0.39, 0.29) is 0 Å². The molecule has 0 spiro atoms. The number of hydrogen-bond acceptors (Lipinski definition) is 1. The average molecular weight is 167 g/mol. The Morgan fingerprint density at radius 1 is 1.25 bits per heavy atom. The quantitative estimate of drug-likeness (QED) is 0.671. The molecule has 1 nitrogen and oxygen atoms in total. The second-order valence-electron chi connectivity index (χ2n) is 5.05. The molecular formula is C11H21N. The zero-order valence-electron chi connectivity index (χ0n) is 8.29. The van der Waals surface area contributed by atoms with Gasteiger partial charge in [-0.2, -0.15) is 0 Å². The van der Waals surface area contributed by atoms with Crippen molar-refractivity contribution in [1.82, 2.24) is 0 Å². The first-order valence-corrected chi connectivity index (χ1v) is 5.44. The Morgan fingerprint density at radius 3 is 2.42 bits per heavy atom. The third-order valence-corrected chi connectivity index (χ3v) is 4.20.